The van der Waals surface area contributed by atoms with Crippen LogP contribution in [0.3, 0.4) is 0 Å². The van der Waals surface area contributed by atoms with Crippen LogP contribution in [0.1, 0.15) is 44.1 Å². The molecule has 1 aliphatic heterocycles. The van der Waals surface area contributed by atoms with Gasteiger partial charge in [0.2, 0.25) is 5.91 Å². The van der Waals surface area contributed by atoms with E-state index in [1.54, 1.807) is 0 Å². The third-order valence-corrected chi connectivity index (χ3v) is 5.59. The van der Waals surface area contributed by atoms with Gasteiger partial charge in [0, 0.05) is 31.7 Å². The summed E-state index contributed by atoms with van der Waals surface area (Å²) in [5, 5.41) is 0. The molecule has 4 nitrogen and oxygen atoms in total. The molecule has 0 bridgehead atoms. The maximum atomic E-state index is 12.9. The van der Waals surface area contributed by atoms with E-state index in [2.05, 4.69) is 16.8 Å². The van der Waals surface area contributed by atoms with Crippen LogP contribution in [0.25, 0.3) is 0 Å². The Kier molecular flexibility index (Phi) is 8.52. The predicted octanol–water partition coefficient (Wildman–Crippen LogP) is 3.52. The zero-order valence-corrected chi connectivity index (χ0v) is 16.7. The van der Waals surface area contributed by atoms with Crippen LogP contribution in [0, 0.1) is 0 Å². The number of halogens is 2. The number of anilines is 1. The number of aryl methyl sites for hydroxylation is 1. The first-order valence-corrected chi connectivity index (χ1v) is 8.93. The van der Waals surface area contributed by atoms with Gasteiger partial charge >= 0.3 is 0 Å². The minimum absolute atomic E-state index is 0. The van der Waals surface area contributed by atoms with Crippen LogP contribution >= 0.6 is 24.8 Å². The first-order chi connectivity index (χ1) is 11.1. The quantitative estimate of drug-likeness (QED) is 0.806. The highest BCUT2D eigenvalue weighted by molar-refractivity contribution is 5.85. The summed E-state index contributed by atoms with van der Waals surface area (Å²) < 4.78 is 0. The molecule has 6 heteroatoms. The molecule has 0 radical (unpaired) electrons. The van der Waals surface area contributed by atoms with E-state index in [9.17, 15) is 4.79 Å². The molecule has 1 aliphatic carbocycles. The summed E-state index contributed by atoms with van der Waals surface area (Å²) in [5.74, 6) is 0.309. The lowest BCUT2D eigenvalue weighted by Crippen LogP contribution is -2.63. The van der Waals surface area contributed by atoms with Crippen LogP contribution < -0.4 is 5.73 Å². The third kappa shape index (κ3) is 5.02. The van der Waals surface area contributed by atoms with E-state index in [0.717, 1.165) is 50.1 Å². The fourth-order valence-electron chi connectivity index (χ4n) is 4.34. The Morgan fingerprint density at radius 1 is 1.12 bits per heavy atom. The summed E-state index contributed by atoms with van der Waals surface area (Å²) in [6, 6.07) is 7.88. The number of nitrogens with two attached hydrogens (primary N) is 1. The fraction of sp³-hybridized carbons (Fsp3) is 0.632. The van der Waals surface area contributed by atoms with Gasteiger partial charge < -0.3 is 15.5 Å². The highest BCUT2D eigenvalue weighted by atomic mass is 35.5. The molecule has 2 N–H and O–H groups in total. The lowest BCUT2D eigenvalue weighted by atomic mass is 9.78. The number of rotatable bonds is 3. The molecule has 1 amide bonds. The van der Waals surface area contributed by atoms with Crippen molar-refractivity contribution in [2.45, 2.75) is 50.5 Å². The van der Waals surface area contributed by atoms with Crippen LogP contribution in [0.15, 0.2) is 24.3 Å². The van der Waals surface area contributed by atoms with Gasteiger partial charge in [0.15, 0.2) is 0 Å². The number of carbonyl (C=O) groups excluding carboxylic acids is 1. The second-order valence-corrected chi connectivity index (χ2v) is 7.27. The summed E-state index contributed by atoms with van der Waals surface area (Å²) in [6.07, 6.45) is 7.46. The second kappa shape index (κ2) is 9.65. The van der Waals surface area contributed by atoms with E-state index in [4.69, 9.17) is 5.73 Å². The van der Waals surface area contributed by atoms with Crippen LogP contribution in [0.2, 0.25) is 0 Å². The van der Waals surface area contributed by atoms with Gasteiger partial charge in [-0.05, 0) is 37.9 Å². The van der Waals surface area contributed by atoms with E-state index in [1.807, 2.05) is 24.3 Å². The van der Waals surface area contributed by atoms with Gasteiger partial charge in [-0.2, -0.15) is 0 Å². The van der Waals surface area contributed by atoms with E-state index in [0.29, 0.717) is 12.3 Å². The minimum atomic E-state index is 0. The van der Waals surface area contributed by atoms with Crippen molar-refractivity contribution < 1.29 is 4.79 Å². The first kappa shape index (κ1) is 22.1. The lowest BCUT2D eigenvalue weighted by molar-refractivity contribution is -0.144. The number of amides is 1. The van der Waals surface area contributed by atoms with Gasteiger partial charge in [-0.25, -0.2) is 0 Å². The molecule has 0 unspecified atom stereocenters. The summed E-state index contributed by atoms with van der Waals surface area (Å²) >= 11 is 0. The zero-order valence-electron chi connectivity index (χ0n) is 15.1. The Hall–Kier alpha value is -0.970. The molecule has 1 aromatic carbocycles. The standard InChI is InChI=1S/C19H29N3O.2ClH/c1-21-13-14-22(19(15-21)11-5-2-6-12-19)18(23)10-9-16-7-3-4-8-17(16)20;;/h3-4,7-8H,2,5-6,9-15,20H2,1H3;2*1H. The van der Waals surface area contributed by atoms with Crippen molar-refractivity contribution >= 4 is 36.4 Å². The molecule has 0 aromatic heterocycles. The Morgan fingerprint density at radius 2 is 1.80 bits per heavy atom. The molecular formula is C19H31Cl2N3O. The van der Waals surface area contributed by atoms with Gasteiger partial charge in [-0.3, -0.25) is 4.79 Å². The number of carbonyl (C=O) groups is 1. The molecule has 1 saturated carbocycles. The van der Waals surface area contributed by atoms with Crippen molar-refractivity contribution in [3.05, 3.63) is 29.8 Å². The molecule has 2 fully saturated rings. The molecule has 0 atom stereocenters. The smallest absolute Gasteiger partial charge is 0.223 e. The van der Waals surface area contributed by atoms with Crippen LogP contribution in [-0.4, -0.2) is 47.9 Å². The summed E-state index contributed by atoms with van der Waals surface area (Å²) in [4.78, 5) is 17.5. The first-order valence-electron chi connectivity index (χ1n) is 8.93. The highest BCUT2D eigenvalue weighted by Crippen LogP contribution is 2.36. The number of benzene rings is 1. The lowest BCUT2D eigenvalue weighted by Gasteiger charge is -2.52. The van der Waals surface area contributed by atoms with E-state index < -0.39 is 0 Å². The fourth-order valence-corrected chi connectivity index (χ4v) is 4.34. The Balaban J connectivity index is 0.00000156. The number of nitrogen functional groups attached to an aromatic ring is 1. The molecule has 2 aliphatic rings. The molecule has 1 heterocycles. The monoisotopic (exact) mass is 387 g/mol. The SMILES string of the molecule is CN1CCN(C(=O)CCc2ccccc2N)C2(CCCCC2)C1.Cl.Cl. The molecule has 1 spiro atoms. The van der Waals surface area contributed by atoms with E-state index in [1.165, 1.54) is 19.3 Å². The zero-order chi connectivity index (χ0) is 16.3. The van der Waals surface area contributed by atoms with Gasteiger partial charge in [0.1, 0.15) is 0 Å². The molecule has 1 aromatic rings. The van der Waals surface area contributed by atoms with Gasteiger partial charge in [0.05, 0.1) is 5.54 Å². The van der Waals surface area contributed by atoms with E-state index in [-0.39, 0.29) is 30.4 Å². The van der Waals surface area contributed by atoms with Crippen molar-refractivity contribution in [3.8, 4) is 0 Å². The average Bonchev–Trinajstić information content (AvgIpc) is 2.54. The van der Waals surface area contributed by atoms with Crippen molar-refractivity contribution in [2.75, 3.05) is 32.4 Å². The summed E-state index contributed by atoms with van der Waals surface area (Å²) in [7, 11) is 2.18. The summed E-state index contributed by atoms with van der Waals surface area (Å²) in [6.45, 7) is 2.90. The molecule has 142 valence electrons. The van der Waals surface area contributed by atoms with Crippen molar-refractivity contribution in [1.29, 1.82) is 0 Å². The topological polar surface area (TPSA) is 49.6 Å². The van der Waals surface area contributed by atoms with Crippen molar-refractivity contribution in [3.63, 3.8) is 0 Å². The Bertz CT molecular complexity index is 561. The molecule has 3 rings (SSSR count). The highest BCUT2D eigenvalue weighted by Gasteiger charge is 2.43. The summed E-state index contributed by atoms with van der Waals surface area (Å²) in [5.41, 5.74) is 7.98. The van der Waals surface area contributed by atoms with E-state index >= 15 is 0 Å². The Morgan fingerprint density at radius 3 is 2.48 bits per heavy atom. The van der Waals surface area contributed by atoms with Crippen molar-refractivity contribution in [1.82, 2.24) is 9.80 Å². The largest absolute Gasteiger partial charge is 0.399 e. The average molecular weight is 388 g/mol. The van der Waals surface area contributed by atoms with Crippen LogP contribution in [-0.2, 0) is 11.2 Å². The molecular weight excluding hydrogens is 357 g/mol. The van der Waals surface area contributed by atoms with Gasteiger partial charge in [-0.1, -0.05) is 37.5 Å². The van der Waals surface area contributed by atoms with Crippen LogP contribution in [0.4, 0.5) is 5.69 Å². The maximum Gasteiger partial charge on any atom is 0.223 e. The van der Waals surface area contributed by atoms with Gasteiger partial charge in [-0.15, -0.1) is 24.8 Å². The predicted molar refractivity (Wildman–Crippen MR) is 109 cm³/mol. The minimum Gasteiger partial charge on any atom is -0.399 e. The van der Waals surface area contributed by atoms with Crippen LogP contribution in [0.5, 0.6) is 0 Å². The number of para-hydroxylation sites is 1. The number of nitrogens with zero attached hydrogens (tertiary/aromatic N) is 2. The maximum absolute atomic E-state index is 12.9. The Labute approximate surface area is 163 Å². The molecule has 1 saturated heterocycles. The van der Waals surface area contributed by atoms with Gasteiger partial charge in [0.25, 0.3) is 0 Å². The van der Waals surface area contributed by atoms with Crippen molar-refractivity contribution in [2.24, 2.45) is 0 Å². The second-order valence-electron chi connectivity index (χ2n) is 7.27. The number of hydrogen-bond donors (Lipinski definition) is 1. The number of likely N-dealkylation sites (N-methyl/N-ethyl adjacent to an activating group) is 1. The molecule has 25 heavy (non-hydrogen) atoms. The number of hydrogen-bond acceptors (Lipinski definition) is 3. The normalized spacial score (nSPS) is 19.8. The number of piperazine rings is 1. The third-order valence-electron chi connectivity index (χ3n) is 5.59.